The van der Waals surface area contributed by atoms with Gasteiger partial charge in [-0.05, 0) is 11.6 Å². The van der Waals surface area contributed by atoms with Crippen LogP contribution in [-0.4, -0.2) is 36.9 Å². The minimum atomic E-state index is -0.749. The highest BCUT2D eigenvalue weighted by molar-refractivity contribution is 7.14. The van der Waals surface area contributed by atoms with Crippen LogP contribution < -0.4 is 11.1 Å². The molecule has 3 N–H and O–H groups in total. The predicted octanol–water partition coefficient (Wildman–Crippen LogP) is 2.18. The molecule has 1 amide bonds. The third-order valence-electron chi connectivity index (χ3n) is 3.15. The van der Waals surface area contributed by atoms with E-state index in [9.17, 15) is 9.59 Å². The summed E-state index contributed by atoms with van der Waals surface area (Å²) >= 11 is 1.28. The fraction of sp³-hybridized carbons (Fsp3) is 0.188. The van der Waals surface area contributed by atoms with Gasteiger partial charge in [-0.15, -0.1) is 11.3 Å². The smallest absolute Gasteiger partial charge is 0.245 e. The lowest BCUT2D eigenvalue weighted by molar-refractivity contribution is -0.118. The number of nitrogens with zero attached hydrogens (tertiary/aromatic N) is 1. The van der Waals surface area contributed by atoms with E-state index in [1.807, 2.05) is 6.07 Å². The second-order valence-corrected chi connectivity index (χ2v) is 5.61. The number of aldehydes is 1. The Labute approximate surface area is 138 Å². The summed E-state index contributed by atoms with van der Waals surface area (Å²) in [6.07, 6.45) is 2.40. The second kappa shape index (κ2) is 7.77. The summed E-state index contributed by atoms with van der Waals surface area (Å²) in [5, 5.41) is 4.89. The Kier molecular flexibility index (Phi) is 5.75. The maximum atomic E-state index is 11.8. The Balaban J connectivity index is 2.17. The number of methoxy groups -OCH3 is 1. The van der Waals surface area contributed by atoms with Crippen molar-refractivity contribution in [2.45, 2.75) is 6.04 Å². The highest BCUT2D eigenvalue weighted by Crippen LogP contribution is 2.26. The van der Waals surface area contributed by atoms with Gasteiger partial charge in [0.15, 0.2) is 11.4 Å². The maximum Gasteiger partial charge on any atom is 0.245 e. The summed E-state index contributed by atoms with van der Waals surface area (Å²) in [6, 6.07) is 4.64. The molecule has 0 bridgehead atoms. The van der Waals surface area contributed by atoms with Gasteiger partial charge in [-0.25, -0.2) is 4.98 Å². The van der Waals surface area contributed by atoms with E-state index in [-0.39, 0.29) is 12.5 Å². The van der Waals surface area contributed by atoms with E-state index in [0.29, 0.717) is 16.4 Å². The quantitative estimate of drug-likeness (QED) is 0.758. The molecule has 0 saturated carbocycles. The van der Waals surface area contributed by atoms with Crippen molar-refractivity contribution in [2.24, 2.45) is 5.73 Å². The van der Waals surface area contributed by atoms with Crippen molar-refractivity contribution in [3.8, 4) is 11.3 Å². The SMILES string of the molecule is C=Cc1ccc(-c2csc(NC(=O)[C@@H](N)COC)n2)cc1C=O. The van der Waals surface area contributed by atoms with Gasteiger partial charge in [-0.1, -0.05) is 24.8 Å². The van der Waals surface area contributed by atoms with E-state index in [2.05, 4.69) is 16.9 Å². The molecule has 0 aliphatic carbocycles. The van der Waals surface area contributed by atoms with Gasteiger partial charge in [0.1, 0.15) is 6.04 Å². The number of ether oxygens (including phenoxy) is 1. The molecule has 0 aliphatic heterocycles. The summed E-state index contributed by atoms with van der Waals surface area (Å²) in [5.41, 5.74) is 8.42. The molecule has 7 heteroatoms. The number of nitrogens with two attached hydrogens (primary N) is 1. The molecule has 0 radical (unpaired) electrons. The standard InChI is InChI=1S/C16H17N3O3S/c1-3-10-4-5-11(6-12(10)7-20)14-9-23-16(18-14)19-15(21)13(17)8-22-2/h3-7,9,13H,1,8,17H2,2H3,(H,18,19,21)/t13-/m0/s1. The van der Waals surface area contributed by atoms with Crippen molar-refractivity contribution in [3.05, 3.63) is 41.3 Å². The van der Waals surface area contributed by atoms with Crippen LogP contribution in [0, 0.1) is 0 Å². The Morgan fingerprint density at radius 3 is 2.96 bits per heavy atom. The molecular weight excluding hydrogens is 314 g/mol. The molecule has 1 aromatic carbocycles. The van der Waals surface area contributed by atoms with Gasteiger partial charge in [0.25, 0.3) is 0 Å². The number of anilines is 1. The van der Waals surface area contributed by atoms with Crippen LogP contribution in [0.3, 0.4) is 0 Å². The predicted molar refractivity (Wildman–Crippen MR) is 91.5 cm³/mol. The van der Waals surface area contributed by atoms with E-state index < -0.39 is 6.04 Å². The molecule has 1 heterocycles. The average molecular weight is 331 g/mol. The van der Waals surface area contributed by atoms with Crippen molar-refractivity contribution in [3.63, 3.8) is 0 Å². The number of rotatable bonds is 7. The Morgan fingerprint density at radius 1 is 1.52 bits per heavy atom. The summed E-state index contributed by atoms with van der Waals surface area (Å²) in [4.78, 5) is 27.3. The Hall–Kier alpha value is -2.35. The molecule has 0 spiro atoms. The molecule has 23 heavy (non-hydrogen) atoms. The monoisotopic (exact) mass is 331 g/mol. The third-order valence-corrected chi connectivity index (χ3v) is 3.90. The molecule has 1 aromatic heterocycles. The number of hydrogen-bond acceptors (Lipinski definition) is 6. The Morgan fingerprint density at radius 2 is 2.30 bits per heavy atom. The molecule has 6 nitrogen and oxygen atoms in total. The fourth-order valence-corrected chi connectivity index (χ4v) is 2.66. The molecule has 0 unspecified atom stereocenters. The summed E-state index contributed by atoms with van der Waals surface area (Å²) in [5.74, 6) is -0.358. The van der Waals surface area contributed by atoms with Crippen LogP contribution in [0.5, 0.6) is 0 Å². The second-order valence-electron chi connectivity index (χ2n) is 4.75. The van der Waals surface area contributed by atoms with E-state index >= 15 is 0 Å². The van der Waals surface area contributed by atoms with E-state index in [1.54, 1.807) is 23.6 Å². The molecule has 1 atom stereocenters. The minimum Gasteiger partial charge on any atom is -0.383 e. The molecule has 0 fully saturated rings. The van der Waals surface area contributed by atoms with Crippen molar-refractivity contribution >= 4 is 34.7 Å². The van der Waals surface area contributed by atoms with Crippen LogP contribution in [0.2, 0.25) is 0 Å². The van der Waals surface area contributed by atoms with Crippen LogP contribution in [0.25, 0.3) is 17.3 Å². The van der Waals surface area contributed by atoms with Gasteiger partial charge < -0.3 is 15.8 Å². The van der Waals surface area contributed by atoms with Gasteiger partial charge in [0, 0.05) is 23.6 Å². The zero-order valence-electron chi connectivity index (χ0n) is 12.6. The summed E-state index contributed by atoms with van der Waals surface area (Å²) in [7, 11) is 1.48. The zero-order chi connectivity index (χ0) is 16.8. The molecule has 2 rings (SSSR count). The van der Waals surface area contributed by atoms with Gasteiger partial charge in [-0.3, -0.25) is 9.59 Å². The zero-order valence-corrected chi connectivity index (χ0v) is 13.4. The normalized spacial score (nSPS) is 11.7. The van der Waals surface area contributed by atoms with Gasteiger partial charge in [-0.2, -0.15) is 0 Å². The molecule has 0 saturated heterocycles. The van der Waals surface area contributed by atoms with Crippen LogP contribution in [0.1, 0.15) is 15.9 Å². The van der Waals surface area contributed by atoms with Crippen LogP contribution in [0.15, 0.2) is 30.2 Å². The number of nitrogens with one attached hydrogen (secondary N) is 1. The van der Waals surface area contributed by atoms with E-state index in [0.717, 1.165) is 17.4 Å². The van der Waals surface area contributed by atoms with Gasteiger partial charge >= 0.3 is 0 Å². The van der Waals surface area contributed by atoms with Crippen molar-refractivity contribution in [1.82, 2.24) is 4.98 Å². The highest BCUT2D eigenvalue weighted by Gasteiger charge is 2.15. The van der Waals surface area contributed by atoms with Crippen molar-refractivity contribution in [1.29, 1.82) is 0 Å². The number of hydrogen-bond donors (Lipinski definition) is 2. The van der Waals surface area contributed by atoms with E-state index in [4.69, 9.17) is 10.5 Å². The largest absolute Gasteiger partial charge is 0.383 e. The minimum absolute atomic E-state index is 0.135. The lowest BCUT2D eigenvalue weighted by Crippen LogP contribution is -2.39. The first-order valence-corrected chi connectivity index (χ1v) is 7.70. The first-order valence-electron chi connectivity index (χ1n) is 6.82. The van der Waals surface area contributed by atoms with Gasteiger partial charge in [0.2, 0.25) is 5.91 Å². The first-order chi connectivity index (χ1) is 11.1. The van der Waals surface area contributed by atoms with Crippen LogP contribution >= 0.6 is 11.3 Å². The lowest BCUT2D eigenvalue weighted by Gasteiger charge is -2.08. The summed E-state index contributed by atoms with van der Waals surface area (Å²) in [6.45, 7) is 3.80. The molecule has 0 aliphatic rings. The topological polar surface area (TPSA) is 94.3 Å². The average Bonchev–Trinajstić information content (AvgIpc) is 3.02. The molecule has 2 aromatic rings. The number of aromatic nitrogens is 1. The van der Waals surface area contributed by atoms with Gasteiger partial charge in [0.05, 0.1) is 12.3 Å². The fourth-order valence-electron chi connectivity index (χ4n) is 1.94. The highest BCUT2D eigenvalue weighted by atomic mass is 32.1. The third kappa shape index (κ3) is 4.10. The van der Waals surface area contributed by atoms with Crippen molar-refractivity contribution < 1.29 is 14.3 Å². The van der Waals surface area contributed by atoms with Crippen LogP contribution in [-0.2, 0) is 9.53 Å². The number of thiazole rings is 1. The number of carbonyl (C=O) groups excluding carboxylic acids is 2. The Bertz CT molecular complexity index is 727. The van der Waals surface area contributed by atoms with Crippen molar-refractivity contribution in [2.75, 3.05) is 19.0 Å². The molecule has 120 valence electrons. The maximum absolute atomic E-state index is 11.8. The van der Waals surface area contributed by atoms with Crippen LogP contribution in [0.4, 0.5) is 5.13 Å². The first kappa shape index (κ1) is 17.0. The van der Waals surface area contributed by atoms with E-state index in [1.165, 1.54) is 18.4 Å². The number of amides is 1. The summed E-state index contributed by atoms with van der Waals surface area (Å²) < 4.78 is 4.84. The lowest BCUT2D eigenvalue weighted by atomic mass is 10.0. The molecular formula is C16H17N3O3S. The number of carbonyl (C=O) groups is 2. The number of benzene rings is 1.